The lowest BCUT2D eigenvalue weighted by atomic mass is 10.2. The number of ether oxygens (including phenoxy) is 1. The van der Waals surface area contributed by atoms with Crippen molar-refractivity contribution in [2.45, 2.75) is 13.0 Å². The van der Waals surface area contributed by atoms with Crippen molar-refractivity contribution in [2.75, 3.05) is 32.8 Å². The first-order valence-electron chi connectivity index (χ1n) is 8.41. The molecule has 1 amide bonds. The van der Waals surface area contributed by atoms with Gasteiger partial charge in [0.2, 0.25) is 0 Å². The molecular weight excluding hydrogens is 320 g/mol. The van der Waals surface area contributed by atoms with Gasteiger partial charge in [-0.1, -0.05) is 18.2 Å². The zero-order valence-electron chi connectivity index (χ0n) is 14.2. The minimum atomic E-state index is -0.287. The summed E-state index contributed by atoms with van der Waals surface area (Å²) in [5.74, 6) is -0.287. The molecule has 2 heterocycles. The van der Waals surface area contributed by atoms with Gasteiger partial charge in [-0.3, -0.25) is 14.5 Å². The van der Waals surface area contributed by atoms with E-state index in [0.717, 1.165) is 26.3 Å². The van der Waals surface area contributed by atoms with E-state index in [-0.39, 0.29) is 23.2 Å². The molecule has 1 atom stereocenters. The number of para-hydroxylation sites is 1. The second-order valence-electron chi connectivity index (χ2n) is 6.01. The van der Waals surface area contributed by atoms with Gasteiger partial charge < -0.3 is 10.1 Å². The van der Waals surface area contributed by atoms with Crippen LogP contribution in [0.1, 0.15) is 17.4 Å². The monoisotopic (exact) mass is 342 g/mol. The maximum absolute atomic E-state index is 12.4. The number of carbonyl (C=O) groups excluding carboxylic acids is 1. The van der Waals surface area contributed by atoms with Crippen molar-refractivity contribution >= 4 is 5.91 Å². The molecule has 1 aromatic heterocycles. The van der Waals surface area contributed by atoms with E-state index in [1.807, 2.05) is 18.2 Å². The Bertz CT molecular complexity index is 769. The van der Waals surface area contributed by atoms with Crippen LogP contribution < -0.4 is 10.9 Å². The maximum Gasteiger partial charge on any atom is 0.271 e. The second kappa shape index (κ2) is 8.04. The zero-order chi connectivity index (χ0) is 17.6. The summed E-state index contributed by atoms with van der Waals surface area (Å²) in [4.78, 5) is 26.7. The van der Waals surface area contributed by atoms with Gasteiger partial charge in [0.25, 0.3) is 11.5 Å². The first-order chi connectivity index (χ1) is 12.1. The Morgan fingerprint density at radius 2 is 1.92 bits per heavy atom. The molecule has 0 spiro atoms. The molecule has 2 aromatic rings. The fourth-order valence-electron chi connectivity index (χ4n) is 2.76. The number of hydrogen-bond acceptors (Lipinski definition) is 5. The van der Waals surface area contributed by atoms with E-state index in [1.54, 1.807) is 12.1 Å². The van der Waals surface area contributed by atoms with Crippen LogP contribution in [-0.2, 0) is 4.74 Å². The Kier molecular flexibility index (Phi) is 5.57. The topological polar surface area (TPSA) is 76.5 Å². The third-order valence-corrected chi connectivity index (χ3v) is 4.26. The quantitative estimate of drug-likeness (QED) is 0.865. The van der Waals surface area contributed by atoms with Crippen LogP contribution in [0.15, 0.2) is 47.3 Å². The summed E-state index contributed by atoms with van der Waals surface area (Å²) < 4.78 is 6.58. The fraction of sp³-hybridized carbons (Fsp3) is 0.389. The summed E-state index contributed by atoms with van der Waals surface area (Å²) in [7, 11) is 0. The van der Waals surface area contributed by atoms with Gasteiger partial charge in [-0.2, -0.15) is 9.78 Å². The van der Waals surface area contributed by atoms with Crippen LogP contribution in [0.2, 0.25) is 0 Å². The number of hydrogen-bond donors (Lipinski definition) is 1. The molecule has 0 saturated carbocycles. The number of nitrogens with one attached hydrogen (secondary N) is 1. The molecule has 3 rings (SSSR count). The number of carbonyl (C=O) groups is 1. The number of nitrogens with zero attached hydrogens (tertiary/aromatic N) is 3. The highest BCUT2D eigenvalue weighted by Crippen LogP contribution is 2.04. The zero-order valence-corrected chi connectivity index (χ0v) is 14.2. The summed E-state index contributed by atoms with van der Waals surface area (Å²) in [6.07, 6.45) is 0. The minimum Gasteiger partial charge on any atom is -0.379 e. The lowest BCUT2D eigenvalue weighted by Gasteiger charge is -2.32. The van der Waals surface area contributed by atoms with E-state index in [4.69, 9.17) is 4.74 Å². The predicted molar refractivity (Wildman–Crippen MR) is 94.0 cm³/mol. The molecule has 0 aliphatic carbocycles. The van der Waals surface area contributed by atoms with Gasteiger partial charge in [0.15, 0.2) is 0 Å². The Labute approximate surface area is 146 Å². The molecule has 1 fully saturated rings. The summed E-state index contributed by atoms with van der Waals surface area (Å²) >= 11 is 0. The van der Waals surface area contributed by atoms with Crippen LogP contribution in [0, 0.1) is 0 Å². The molecule has 0 unspecified atom stereocenters. The predicted octanol–water partition coefficient (Wildman–Crippen LogP) is 0.683. The maximum atomic E-state index is 12.4. The van der Waals surface area contributed by atoms with E-state index in [0.29, 0.717) is 12.2 Å². The first kappa shape index (κ1) is 17.3. The molecule has 7 heteroatoms. The van der Waals surface area contributed by atoms with Gasteiger partial charge in [-0.15, -0.1) is 0 Å². The van der Waals surface area contributed by atoms with Gasteiger partial charge in [0.05, 0.1) is 18.9 Å². The number of benzene rings is 1. The fourth-order valence-corrected chi connectivity index (χ4v) is 2.76. The smallest absolute Gasteiger partial charge is 0.271 e. The lowest BCUT2D eigenvalue weighted by Crippen LogP contribution is -2.47. The first-order valence-corrected chi connectivity index (χ1v) is 8.41. The van der Waals surface area contributed by atoms with Crippen LogP contribution in [0.25, 0.3) is 5.69 Å². The summed E-state index contributed by atoms with van der Waals surface area (Å²) in [6, 6.07) is 12.1. The highest BCUT2D eigenvalue weighted by molar-refractivity contribution is 5.92. The van der Waals surface area contributed by atoms with Gasteiger partial charge in [0, 0.05) is 31.7 Å². The van der Waals surface area contributed by atoms with Gasteiger partial charge >= 0.3 is 0 Å². The van der Waals surface area contributed by atoms with Crippen LogP contribution in [0.5, 0.6) is 0 Å². The number of morpholine rings is 1. The average Bonchev–Trinajstić information content (AvgIpc) is 2.67. The molecule has 25 heavy (non-hydrogen) atoms. The molecule has 1 saturated heterocycles. The normalized spacial score (nSPS) is 16.4. The molecule has 1 aliphatic rings. The molecule has 1 aromatic carbocycles. The van der Waals surface area contributed by atoms with Gasteiger partial charge in [-0.25, -0.2) is 0 Å². The van der Waals surface area contributed by atoms with Crippen LogP contribution in [-0.4, -0.2) is 59.5 Å². The Balaban J connectivity index is 1.67. The van der Waals surface area contributed by atoms with E-state index in [1.165, 1.54) is 16.8 Å². The molecule has 132 valence electrons. The lowest BCUT2D eigenvalue weighted by molar-refractivity contribution is 0.0204. The highest BCUT2D eigenvalue weighted by atomic mass is 16.5. The van der Waals surface area contributed by atoms with Crippen molar-refractivity contribution in [3.8, 4) is 5.69 Å². The van der Waals surface area contributed by atoms with Crippen molar-refractivity contribution in [1.82, 2.24) is 20.0 Å². The van der Waals surface area contributed by atoms with Crippen LogP contribution >= 0.6 is 0 Å². The Hall–Kier alpha value is -2.51. The molecular formula is C18H22N4O3. The number of aromatic nitrogens is 2. The van der Waals surface area contributed by atoms with E-state index >= 15 is 0 Å². The highest BCUT2D eigenvalue weighted by Gasteiger charge is 2.18. The summed E-state index contributed by atoms with van der Waals surface area (Å²) in [5.41, 5.74) is 0.575. The largest absolute Gasteiger partial charge is 0.379 e. The SMILES string of the molecule is C[C@@H](CNC(=O)c1ccc(=O)n(-c2ccccc2)n1)N1CCOCC1. The van der Waals surface area contributed by atoms with Crippen LogP contribution in [0.3, 0.4) is 0 Å². The third-order valence-electron chi connectivity index (χ3n) is 4.26. The number of amides is 1. The van der Waals surface area contributed by atoms with Crippen molar-refractivity contribution in [3.63, 3.8) is 0 Å². The number of rotatable bonds is 5. The van der Waals surface area contributed by atoms with Crippen molar-refractivity contribution in [1.29, 1.82) is 0 Å². The average molecular weight is 342 g/mol. The summed E-state index contributed by atoms with van der Waals surface area (Å²) in [5, 5.41) is 7.09. The van der Waals surface area contributed by atoms with Gasteiger partial charge in [0.1, 0.15) is 5.69 Å². The molecule has 1 aliphatic heterocycles. The van der Waals surface area contributed by atoms with E-state index in [9.17, 15) is 9.59 Å². The van der Waals surface area contributed by atoms with E-state index in [2.05, 4.69) is 22.2 Å². The van der Waals surface area contributed by atoms with Crippen molar-refractivity contribution < 1.29 is 9.53 Å². The Morgan fingerprint density at radius 3 is 2.64 bits per heavy atom. The molecule has 0 bridgehead atoms. The van der Waals surface area contributed by atoms with Gasteiger partial charge in [-0.05, 0) is 25.1 Å². The molecule has 0 radical (unpaired) electrons. The minimum absolute atomic E-state index is 0.216. The third kappa shape index (κ3) is 4.32. The molecule has 1 N–H and O–H groups in total. The second-order valence-corrected chi connectivity index (χ2v) is 6.01. The summed E-state index contributed by atoms with van der Waals surface area (Å²) in [6.45, 7) is 5.78. The van der Waals surface area contributed by atoms with Crippen molar-refractivity contribution in [2.24, 2.45) is 0 Å². The molecule has 7 nitrogen and oxygen atoms in total. The van der Waals surface area contributed by atoms with Crippen molar-refractivity contribution in [3.05, 3.63) is 58.5 Å². The van der Waals surface area contributed by atoms with Crippen LogP contribution in [0.4, 0.5) is 0 Å². The Morgan fingerprint density at radius 1 is 1.20 bits per heavy atom. The standard InChI is InChI=1S/C18H22N4O3/c1-14(21-9-11-25-12-10-21)13-19-18(24)16-7-8-17(23)22(20-16)15-5-3-2-4-6-15/h2-8,14H,9-13H2,1H3,(H,19,24)/t14-/m0/s1. The van der Waals surface area contributed by atoms with E-state index < -0.39 is 0 Å².